The molecule has 0 rings (SSSR count). The van der Waals surface area contributed by atoms with Crippen LogP contribution in [0.15, 0.2) is 0 Å². The zero-order valence-electron chi connectivity index (χ0n) is 11.3. The Hall–Kier alpha value is -1.63. The van der Waals surface area contributed by atoms with Crippen molar-refractivity contribution in [1.29, 1.82) is 0 Å². The molecule has 0 bridgehead atoms. The van der Waals surface area contributed by atoms with Gasteiger partial charge in [-0.3, -0.25) is 9.59 Å². The Balaban J connectivity index is 4.29. The normalized spacial score (nSPS) is 13.9. The van der Waals surface area contributed by atoms with Crippen molar-refractivity contribution in [3.63, 3.8) is 0 Å². The molecule has 0 radical (unpaired) electrons. The number of rotatable bonds is 9. The minimum Gasteiger partial charge on any atom is -0.481 e. The number of nitrogens with one attached hydrogen (secondary N) is 1. The molecule has 0 aliphatic rings. The molecule has 0 aliphatic heterocycles. The molecule has 5 N–H and O–H groups in total. The standard InChI is InChI=1S/C12H22N2O5/c1-7(2)6-8(13)11(17)14-9(12(18)19)4-3-5-10(15)16/h7-9H,3-6,13H2,1-2H3,(H,14,17)(H,15,16)(H,18,19)/t8-,9+/m0/s1. The van der Waals surface area contributed by atoms with Gasteiger partial charge in [-0.2, -0.15) is 0 Å². The first kappa shape index (κ1) is 17.4. The second-order valence-electron chi connectivity index (χ2n) is 4.92. The molecule has 0 spiro atoms. The number of aliphatic carboxylic acids is 2. The van der Waals surface area contributed by atoms with Gasteiger partial charge in [0.05, 0.1) is 6.04 Å². The van der Waals surface area contributed by atoms with Gasteiger partial charge < -0.3 is 21.3 Å². The summed E-state index contributed by atoms with van der Waals surface area (Å²) < 4.78 is 0. The van der Waals surface area contributed by atoms with Crippen molar-refractivity contribution in [3.8, 4) is 0 Å². The first-order valence-corrected chi connectivity index (χ1v) is 6.24. The third kappa shape index (κ3) is 8.15. The van der Waals surface area contributed by atoms with Crippen LogP contribution in [0.25, 0.3) is 0 Å². The molecule has 0 heterocycles. The van der Waals surface area contributed by atoms with Crippen LogP contribution in [0.2, 0.25) is 0 Å². The lowest BCUT2D eigenvalue weighted by Crippen LogP contribution is -2.48. The number of hydrogen-bond donors (Lipinski definition) is 4. The molecule has 0 aromatic rings. The first-order chi connectivity index (χ1) is 8.73. The molecular formula is C12H22N2O5. The fourth-order valence-corrected chi connectivity index (χ4v) is 1.61. The van der Waals surface area contributed by atoms with E-state index in [4.69, 9.17) is 15.9 Å². The molecule has 0 saturated carbocycles. The van der Waals surface area contributed by atoms with Gasteiger partial charge >= 0.3 is 11.9 Å². The SMILES string of the molecule is CC(C)C[C@H](N)C(=O)N[C@H](CCCC(=O)O)C(=O)O. The molecule has 7 nitrogen and oxygen atoms in total. The molecule has 2 atom stereocenters. The van der Waals surface area contributed by atoms with E-state index in [1.165, 1.54) is 0 Å². The van der Waals surface area contributed by atoms with Crippen LogP contribution in [0.4, 0.5) is 0 Å². The maximum Gasteiger partial charge on any atom is 0.326 e. The lowest BCUT2D eigenvalue weighted by Gasteiger charge is -2.18. The van der Waals surface area contributed by atoms with E-state index in [-0.39, 0.29) is 25.2 Å². The van der Waals surface area contributed by atoms with Gasteiger partial charge in [0.2, 0.25) is 5.91 Å². The number of amides is 1. The third-order valence-corrected chi connectivity index (χ3v) is 2.56. The molecular weight excluding hydrogens is 252 g/mol. The van der Waals surface area contributed by atoms with Crippen LogP contribution in [0.1, 0.15) is 39.5 Å². The Morgan fingerprint density at radius 1 is 1.21 bits per heavy atom. The minimum absolute atomic E-state index is 0.0712. The minimum atomic E-state index is -1.18. The molecule has 0 aliphatic carbocycles. The van der Waals surface area contributed by atoms with Crippen molar-refractivity contribution in [2.24, 2.45) is 11.7 Å². The average molecular weight is 274 g/mol. The van der Waals surface area contributed by atoms with E-state index in [1.54, 1.807) is 0 Å². The van der Waals surface area contributed by atoms with Crippen LogP contribution in [0, 0.1) is 5.92 Å². The Morgan fingerprint density at radius 3 is 2.21 bits per heavy atom. The van der Waals surface area contributed by atoms with Crippen LogP contribution >= 0.6 is 0 Å². The van der Waals surface area contributed by atoms with Gasteiger partial charge in [0.1, 0.15) is 6.04 Å². The van der Waals surface area contributed by atoms with E-state index >= 15 is 0 Å². The van der Waals surface area contributed by atoms with Crippen molar-refractivity contribution in [3.05, 3.63) is 0 Å². The molecule has 1 amide bonds. The van der Waals surface area contributed by atoms with Gasteiger partial charge in [0.15, 0.2) is 0 Å². The molecule has 0 unspecified atom stereocenters. The molecule has 0 aromatic carbocycles. The van der Waals surface area contributed by atoms with Crippen molar-refractivity contribution >= 4 is 17.8 Å². The predicted octanol–water partition coefficient (Wildman–Crippen LogP) is 0.184. The summed E-state index contributed by atoms with van der Waals surface area (Å²) in [6, 6.07) is -1.84. The topological polar surface area (TPSA) is 130 Å². The van der Waals surface area contributed by atoms with Crippen molar-refractivity contribution in [1.82, 2.24) is 5.32 Å². The van der Waals surface area contributed by atoms with E-state index in [9.17, 15) is 14.4 Å². The molecule has 110 valence electrons. The number of nitrogens with two attached hydrogens (primary N) is 1. The van der Waals surface area contributed by atoms with Crippen molar-refractivity contribution in [2.45, 2.75) is 51.6 Å². The van der Waals surface area contributed by atoms with Gasteiger partial charge in [-0.05, 0) is 25.2 Å². The van der Waals surface area contributed by atoms with Crippen LogP contribution < -0.4 is 11.1 Å². The highest BCUT2D eigenvalue weighted by Gasteiger charge is 2.23. The number of hydrogen-bond acceptors (Lipinski definition) is 4. The highest BCUT2D eigenvalue weighted by Crippen LogP contribution is 2.05. The van der Waals surface area contributed by atoms with E-state index < -0.39 is 29.9 Å². The predicted molar refractivity (Wildman–Crippen MR) is 68.5 cm³/mol. The molecule has 0 fully saturated rings. The van der Waals surface area contributed by atoms with Gasteiger partial charge in [-0.15, -0.1) is 0 Å². The smallest absolute Gasteiger partial charge is 0.326 e. The summed E-state index contributed by atoms with van der Waals surface area (Å²) in [4.78, 5) is 33.0. The van der Waals surface area contributed by atoms with E-state index in [2.05, 4.69) is 5.32 Å². The van der Waals surface area contributed by atoms with Crippen LogP contribution in [-0.4, -0.2) is 40.1 Å². The Bertz CT molecular complexity index is 330. The maximum atomic E-state index is 11.7. The monoisotopic (exact) mass is 274 g/mol. The number of carboxylic acids is 2. The van der Waals surface area contributed by atoms with Crippen molar-refractivity contribution in [2.75, 3.05) is 0 Å². The van der Waals surface area contributed by atoms with Crippen LogP contribution in [0.5, 0.6) is 0 Å². The summed E-state index contributed by atoms with van der Waals surface area (Å²) in [7, 11) is 0. The van der Waals surface area contributed by atoms with E-state index in [0.717, 1.165) is 0 Å². The fourth-order valence-electron chi connectivity index (χ4n) is 1.61. The summed E-state index contributed by atoms with van der Waals surface area (Å²) in [5, 5.41) is 19.8. The van der Waals surface area contributed by atoms with E-state index in [0.29, 0.717) is 6.42 Å². The van der Waals surface area contributed by atoms with Gasteiger partial charge in [0.25, 0.3) is 0 Å². The maximum absolute atomic E-state index is 11.7. The lowest BCUT2D eigenvalue weighted by molar-refractivity contribution is -0.143. The van der Waals surface area contributed by atoms with Crippen LogP contribution in [-0.2, 0) is 14.4 Å². The highest BCUT2D eigenvalue weighted by molar-refractivity contribution is 5.86. The Kier molecular flexibility index (Phi) is 7.74. The summed E-state index contributed by atoms with van der Waals surface area (Å²) in [5.74, 6) is -2.46. The number of carbonyl (C=O) groups is 3. The van der Waals surface area contributed by atoms with Gasteiger partial charge in [-0.25, -0.2) is 4.79 Å². The summed E-state index contributed by atoms with van der Waals surface area (Å²) >= 11 is 0. The van der Waals surface area contributed by atoms with Crippen molar-refractivity contribution < 1.29 is 24.6 Å². The highest BCUT2D eigenvalue weighted by atomic mass is 16.4. The Morgan fingerprint density at radius 2 is 1.79 bits per heavy atom. The number of carbonyl (C=O) groups excluding carboxylic acids is 1. The number of carboxylic acid groups (broad SMARTS) is 2. The lowest BCUT2D eigenvalue weighted by atomic mass is 10.0. The van der Waals surface area contributed by atoms with Gasteiger partial charge in [0, 0.05) is 6.42 Å². The van der Waals surface area contributed by atoms with Crippen LogP contribution in [0.3, 0.4) is 0 Å². The average Bonchev–Trinajstić information content (AvgIpc) is 2.25. The Labute approximate surface area is 112 Å². The summed E-state index contributed by atoms with van der Waals surface area (Å²) in [6.07, 6.45) is 0.596. The third-order valence-electron chi connectivity index (χ3n) is 2.56. The zero-order valence-corrected chi connectivity index (χ0v) is 11.3. The molecule has 0 saturated heterocycles. The van der Waals surface area contributed by atoms with E-state index in [1.807, 2.05) is 13.8 Å². The largest absolute Gasteiger partial charge is 0.481 e. The second-order valence-corrected chi connectivity index (χ2v) is 4.92. The first-order valence-electron chi connectivity index (χ1n) is 6.24. The molecule has 0 aromatic heterocycles. The quantitative estimate of drug-likeness (QED) is 0.474. The summed E-state index contributed by atoms with van der Waals surface area (Å²) in [5.41, 5.74) is 5.64. The zero-order chi connectivity index (χ0) is 15.0. The molecule has 7 heteroatoms. The molecule has 19 heavy (non-hydrogen) atoms. The fraction of sp³-hybridized carbons (Fsp3) is 0.750. The summed E-state index contributed by atoms with van der Waals surface area (Å²) in [6.45, 7) is 3.82. The second kappa shape index (κ2) is 8.47. The van der Waals surface area contributed by atoms with Gasteiger partial charge in [-0.1, -0.05) is 13.8 Å².